The number of thioether (sulfide) groups is 1. The maximum absolute atomic E-state index is 12.2. The van der Waals surface area contributed by atoms with Crippen molar-refractivity contribution >= 4 is 34.5 Å². The fraction of sp³-hybridized carbons (Fsp3) is 0.400. The van der Waals surface area contributed by atoms with Crippen LogP contribution in [0.25, 0.3) is 0 Å². The maximum atomic E-state index is 12.2. The van der Waals surface area contributed by atoms with Gasteiger partial charge in [-0.05, 0) is 38.1 Å². The van der Waals surface area contributed by atoms with Crippen molar-refractivity contribution < 1.29 is 19.1 Å². The summed E-state index contributed by atoms with van der Waals surface area (Å²) in [6, 6.07) is 7.22. The van der Waals surface area contributed by atoms with E-state index in [9.17, 15) is 9.59 Å². The molecule has 2 saturated heterocycles. The highest BCUT2D eigenvalue weighted by Gasteiger charge is 2.59. The predicted octanol–water partition coefficient (Wildman–Crippen LogP) is 2.01. The summed E-state index contributed by atoms with van der Waals surface area (Å²) in [5.74, 6) is -0.0739. The van der Waals surface area contributed by atoms with Crippen LogP contribution in [-0.2, 0) is 14.3 Å². The van der Waals surface area contributed by atoms with Crippen LogP contribution in [0.1, 0.15) is 20.3 Å². The number of rotatable bonds is 3. The first kappa shape index (κ1) is 14.9. The standard InChI is InChI=1S/C15H16N2O4S/c1-3-20-11-6-4-10(5-7-11)16-14-17-12(18)15(22-14)8-9(2)21-13(15)19/h4-7,9H,3,8H2,1-2H3,(H,16,17,18)/t9-,15+/m1/s1. The molecule has 0 bridgehead atoms. The summed E-state index contributed by atoms with van der Waals surface area (Å²) in [5, 5.41) is 3.08. The molecule has 6 nitrogen and oxygen atoms in total. The fourth-order valence-electron chi connectivity index (χ4n) is 2.46. The molecule has 2 aliphatic rings. The van der Waals surface area contributed by atoms with Crippen LogP contribution in [0.4, 0.5) is 5.69 Å². The van der Waals surface area contributed by atoms with Gasteiger partial charge in [0, 0.05) is 6.42 Å². The Labute approximate surface area is 132 Å². The van der Waals surface area contributed by atoms with Crippen molar-refractivity contribution in [1.29, 1.82) is 0 Å². The largest absolute Gasteiger partial charge is 0.494 e. The second-order valence-corrected chi connectivity index (χ2v) is 6.43. The van der Waals surface area contributed by atoms with Gasteiger partial charge in [-0.25, -0.2) is 9.79 Å². The molecule has 0 saturated carbocycles. The molecule has 1 amide bonds. The molecule has 2 heterocycles. The van der Waals surface area contributed by atoms with Crippen molar-refractivity contribution in [3.8, 4) is 5.75 Å². The molecule has 1 N–H and O–H groups in total. The number of amidine groups is 1. The van der Waals surface area contributed by atoms with Crippen molar-refractivity contribution in [3.63, 3.8) is 0 Å². The van der Waals surface area contributed by atoms with Crippen molar-refractivity contribution in [2.75, 3.05) is 6.61 Å². The SMILES string of the molecule is CCOc1ccc(N=C2NC(=O)[C@]3(C[C@@H](C)OC3=O)S2)cc1. The van der Waals surface area contributed by atoms with Gasteiger partial charge in [0.05, 0.1) is 12.3 Å². The molecule has 0 aromatic heterocycles. The summed E-state index contributed by atoms with van der Waals surface area (Å²) in [5.41, 5.74) is 0.683. The number of hydrogen-bond donors (Lipinski definition) is 1. The van der Waals surface area contributed by atoms with Gasteiger partial charge < -0.3 is 14.8 Å². The Morgan fingerprint density at radius 3 is 2.73 bits per heavy atom. The molecule has 116 valence electrons. The lowest BCUT2D eigenvalue weighted by Gasteiger charge is -2.10. The minimum atomic E-state index is -1.18. The van der Waals surface area contributed by atoms with E-state index in [1.54, 1.807) is 19.1 Å². The van der Waals surface area contributed by atoms with Crippen molar-refractivity contribution in [2.45, 2.75) is 31.1 Å². The minimum Gasteiger partial charge on any atom is -0.494 e. The molecule has 7 heteroatoms. The summed E-state index contributed by atoms with van der Waals surface area (Å²) >= 11 is 1.13. The van der Waals surface area contributed by atoms with E-state index in [1.807, 2.05) is 19.1 Å². The summed E-state index contributed by atoms with van der Waals surface area (Å²) in [6.07, 6.45) is 0.112. The Balaban J connectivity index is 1.79. The van der Waals surface area contributed by atoms with Crippen LogP contribution in [-0.4, -0.2) is 34.5 Å². The van der Waals surface area contributed by atoms with E-state index >= 15 is 0 Å². The number of carbonyl (C=O) groups is 2. The van der Waals surface area contributed by atoms with E-state index in [-0.39, 0.29) is 12.0 Å². The number of hydrogen-bond acceptors (Lipinski definition) is 6. The number of ether oxygens (including phenoxy) is 2. The van der Waals surface area contributed by atoms with E-state index in [0.717, 1.165) is 17.5 Å². The number of nitrogens with zero attached hydrogens (tertiary/aromatic N) is 1. The van der Waals surface area contributed by atoms with Crippen LogP contribution >= 0.6 is 11.8 Å². The van der Waals surface area contributed by atoms with Gasteiger partial charge in [-0.1, -0.05) is 11.8 Å². The number of amides is 1. The topological polar surface area (TPSA) is 77.0 Å². The summed E-state index contributed by atoms with van der Waals surface area (Å²) in [7, 11) is 0. The van der Waals surface area contributed by atoms with E-state index in [4.69, 9.17) is 9.47 Å². The average molecular weight is 320 g/mol. The second-order valence-electron chi connectivity index (χ2n) is 5.15. The van der Waals surface area contributed by atoms with Crippen LogP contribution in [0, 0.1) is 0 Å². The summed E-state index contributed by atoms with van der Waals surface area (Å²) < 4.78 is 9.31. The van der Waals surface area contributed by atoms with Gasteiger partial charge in [0.1, 0.15) is 11.9 Å². The molecular weight excluding hydrogens is 304 g/mol. The van der Waals surface area contributed by atoms with Gasteiger partial charge in [0.25, 0.3) is 5.91 Å². The second kappa shape index (κ2) is 5.64. The normalized spacial score (nSPS) is 29.0. The number of cyclic esters (lactones) is 1. The molecule has 0 radical (unpaired) electrons. The highest BCUT2D eigenvalue weighted by molar-refractivity contribution is 8.17. The zero-order valence-electron chi connectivity index (χ0n) is 12.3. The van der Waals surface area contributed by atoms with E-state index in [0.29, 0.717) is 23.9 Å². The molecule has 0 aliphatic carbocycles. The number of carbonyl (C=O) groups excluding carboxylic acids is 2. The van der Waals surface area contributed by atoms with Crippen LogP contribution in [0.15, 0.2) is 29.3 Å². The molecule has 2 fully saturated rings. The Morgan fingerprint density at radius 1 is 1.41 bits per heavy atom. The Hall–Kier alpha value is -2.02. The molecule has 3 rings (SSSR count). The van der Waals surface area contributed by atoms with Gasteiger partial charge in [-0.15, -0.1) is 0 Å². The van der Waals surface area contributed by atoms with Crippen molar-refractivity contribution in [2.24, 2.45) is 4.99 Å². The first-order valence-electron chi connectivity index (χ1n) is 7.06. The van der Waals surface area contributed by atoms with Gasteiger partial charge >= 0.3 is 5.97 Å². The quantitative estimate of drug-likeness (QED) is 0.681. The number of esters is 1. The molecular formula is C15H16N2O4S. The third-order valence-electron chi connectivity index (χ3n) is 3.45. The summed E-state index contributed by atoms with van der Waals surface area (Å²) in [6.45, 7) is 4.30. The van der Waals surface area contributed by atoms with E-state index in [1.165, 1.54) is 0 Å². The minimum absolute atomic E-state index is 0.254. The molecule has 1 aromatic carbocycles. The lowest BCUT2D eigenvalue weighted by molar-refractivity contribution is -0.144. The van der Waals surface area contributed by atoms with Crippen LogP contribution in [0.5, 0.6) is 5.75 Å². The number of nitrogens with one attached hydrogen (secondary N) is 1. The molecule has 2 atom stereocenters. The summed E-state index contributed by atoms with van der Waals surface area (Å²) in [4.78, 5) is 28.5. The molecule has 22 heavy (non-hydrogen) atoms. The Morgan fingerprint density at radius 2 is 2.14 bits per heavy atom. The van der Waals surface area contributed by atoms with Gasteiger partial charge in [-0.2, -0.15) is 0 Å². The zero-order valence-corrected chi connectivity index (χ0v) is 13.1. The molecule has 2 aliphatic heterocycles. The smallest absolute Gasteiger partial charge is 0.332 e. The van der Waals surface area contributed by atoms with Crippen LogP contribution in [0.3, 0.4) is 0 Å². The average Bonchev–Trinajstić information content (AvgIpc) is 2.93. The highest BCUT2D eigenvalue weighted by Crippen LogP contribution is 2.42. The molecule has 1 spiro atoms. The zero-order chi connectivity index (χ0) is 15.7. The number of aliphatic imine (C=N–C) groups is 1. The predicted molar refractivity (Wildman–Crippen MR) is 83.3 cm³/mol. The first-order valence-corrected chi connectivity index (χ1v) is 7.88. The Bertz CT molecular complexity index is 643. The van der Waals surface area contributed by atoms with Crippen LogP contribution in [0.2, 0.25) is 0 Å². The van der Waals surface area contributed by atoms with Gasteiger partial charge in [-0.3, -0.25) is 4.79 Å². The molecule has 0 unspecified atom stereocenters. The van der Waals surface area contributed by atoms with Crippen molar-refractivity contribution in [1.82, 2.24) is 5.32 Å². The van der Waals surface area contributed by atoms with Gasteiger partial charge in [0.2, 0.25) is 4.75 Å². The highest BCUT2D eigenvalue weighted by atomic mass is 32.2. The third kappa shape index (κ3) is 2.56. The molecule has 1 aromatic rings. The van der Waals surface area contributed by atoms with Crippen molar-refractivity contribution in [3.05, 3.63) is 24.3 Å². The van der Waals surface area contributed by atoms with Gasteiger partial charge in [0.15, 0.2) is 5.17 Å². The lowest BCUT2D eigenvalue weighted by Crippen LogP contribution is -2.40. The Kier molecular flexibility index (Phi) is 3.82. The van der Waals surface area contributed by atoms with E-state index < -0.39 is 10.7 Å². The third-order valence-corrected chi connectivity index (χ3v) is 4.70. The maximum Gasteiger partial charge on any atom is 0.332 e. The van der Waals surface area contributed by atoms with Crippen LogP contribution < -0.4 is 10.1 Å². The lowest BCUT2D eigenvalue weighted by atomic mass is 10.0. The number of benzene rings is 1. The first-order chi connectivity index (χ1) is 10.5. The van der Waals surface area contributed by atoms with E-state index in [2.05, 4.69) is 10.3 Å². The monoisotopic (exact) mass is 320 g/mol. The fourth-order valence-corrected chi connectivity index (χ4v) is 3.68.